The van der Waals surface area contributed by atoms with Gasteiger partial charge >= 0.3 is 0 Å². The zero-order chi connectivity index (χ0) is 8.55. The molecule has 0 aliphatic rings. The van der Waals surface area contributed by atoms with Gasteiger partial charge in [0.25, 0.3) is 0 Å². The molecule has 4 heteroatoms. The molecule has 0 spiro atoms. The molecule has 0 bridgehead atoms. The van der Waals surface area contributed by atoms with E-state index < -0.39 is 6.67 Å². The van der Waals surface area contributed by atoms with E-state index in [1.165, 1.54) is 0 Å². The van der Waals surface area contributed by atoms with Crippen LogP contribution >= 0.6 is 15.9 Å². The van der Waals surface area contributed by atoms with Crippen LogP contribution in [0.4, 0.5) is 4.39 Å². The third kappa shape index (κ3) is 1.12. The quantitative estimate of drug-likeness (QED) is 0.800. The van der Waals surface area contributed by atoms with Crippen LogP contribution in [0.1, 0.15) is 5.56 Å². The third-order valence-electron chi connectivity index (χ3n) is 1.75. The van der Waals surface area contributed by atoms with Crippen molar-refractivity contribution in [3.05, 3.63) is 28.4 Å². The fourth-order valence-electron chi connectivity index (χ4n) is 1.20. The molecule has 12 heavy (non-hydrogen) atoms. The molecule has 0 saturated heterocycles. The maximum Gasteiger partial charge on any atom is 0.115 e. The smallest absolute Gasteiger partial charge is 0.115 e. The van der Waals surface area contributed by atoms with E-state index in [1.54, 1.807) is 12.3 Å². The highest BCUT2D eigenvalue weighted by Gasteiger charge is 2.03. The van der Waals surface area contributed by atoms with E-state index in [0.717, 1.165) is 15.4 Å². The maximum absolute atomic E-state index is 12.5. The second-order valence-corrected chi connectivity index (χ2v) is 3.45. The first-order valence-electron chi connectivity index (χ1n) is 3.48. The lowest BCUT2D eigenvalue weighted by Gasteiger charge is -1.97. The van der Waals surface area contributed by atoms with Crippen LogP contribution < -0.4 is 0 Å². The molecule has 1 N–H and O–H groups in total. The Morgan fingerprint density at radius 2 is 2.33 bits per heavy atom. The van der Waals surface area contributed by atoms with Gasteiger partial charge in [-0.1, -0.05) is 15.9 Å². The van der Waals surface area contributed by atoms with Gasteiger partial charge in [0.05, 0.1) is 11.7 Å². The largest absolute Gasteiger partial charge is 0.278 e. The number of aromatic nitrogens is 2. The normalized spacial score (nSPS) is 10.8. The predicted molar refractivity (Wildman–Crippen MR) is 48.6 cm³/mol. The number of rotatable bonds is 1. The monoisotopic (exact) mass is 228 g/mol. The van der Waals surface area contributed by atoms with Crippen LogP contribution in [0, 0.1) is 0 Å². The summed E-state index contributed by atoms with van der Waals surface area (Å²) in [6, 6.07) is 3.64. The topological polar surface area (TPSA) is 28.7 Å². The second kappa shape index (κ2) is 2.86. The van der Waals surface area contributed by atoms with Crippen molar-refractivity contribution in [1.82, 2.24) is 10.2 Å². The van der Waals surface area contributed by atoms with Crippen LogP contribution in [0.15, 0.2) is 22.8 Å². The first-order valence-corrected chi connectivity index (χ1v) is 4.28. The zero-order valence-corrected chi connectivity index (χ0v) is 7.73. The molecule has 1 aromatic heterocycles. The van der Waals surface area contributed by atoms with Gasteiger partial charge in [-0.15, -0.1) is 0 Å². The summed E-state index contributed by atoms with van der Waals surface area (Å²) in [5.41, 5.74) is 1.52. The zero-order valence-electron chi connectivity index (χ0n) is 6.14. The minimum atomic E-state index is -0.463. The first-order chi connectivity index (χ1) is 5.81. The van der Waals surface area contributed by atoms with Crippen molar-refractivity contribution in [2.24, 2.45) is 0 Å². The number of nitrogens with zero attached hydrogens (tertiary/aromatic N) is 1. The number of H-pyrrole nitrogens is 1. The van der Waals surface area contributed by atoms with Crippen molar-refractivity contribution >= 4 is 26.8 Å². The number of hydrogen-bond donors (Lipinski definition) is 1. The summed E-state index contributed by atoms with van der Waals surface area (Å²) in [7, 11) is 0. The Kier molecular flexibility index (Phi) is 1.84. The molecule has 0 aliphatic heterocycles. The molecule has 1 heterocycles. The Hall–Kier alpha value is -0.900. The van der Waals surface area contributed by atoms with Gasteiger partial charge in [-0.3, -0.25) is 5.10 Å². The minimum absolute atomic E-state index is 0.463. The van der Waals surface area contributed by atoms with Crippen molar-refractivity contribution in [3.63, 3.8) is 0 Å². The lowest BCUT2D eigenvalue weighted by Crippen LogP contribution is -1.80. The van der Waals surface area contributed by atoms with Crippen LogP contribution in [-0.4, -0.2) is 10.2 Å². The second-order valence-electron chi connectivity index (χ2n) is 2.53. The average molecular weight is 229 g/mol. The predicted octanol–water partition coefficient (Wildman–Crippen LogP) is 2.79. The lowest BCUT2D eigenvalue weighted by atomic mass is 10.1. The van der Waals surface area contributed by atoms with Crippen molar-refractivity contribution in [1.29, 1.82) is 0 Å². The molecular formula is C8H6BrFN2. The molecule has 0 aliphatic carbocycles. The Balaban J connectivity index is 2.80. The Morgan fingerprint density at radius 1 is 1.50 bits per heavy atom. The molecule has 2 aromatic rings. The highest BCUT2D eigenvalue weighted by atomic mass is 79.9. The van der Waals surface area contributed by atoms with Crippen LogP contribution in [0.2, 0.25) is 0 Å². The molecule has 2 rings (SSSR count). The summed E-state index contributed by atoms with van der Waals surface area (Å²) >= 11 is 3.29. The Labute approximate surface area is 76.9 Å². The summed E-state index contributed by atoms with van der Waals surface area (Å²) < 4.78 is 13.3. The molecule has 0 unspecified atom stereocenters. The van der Waals surface area contributed by atoms with Crippen molar-refractivity contribution in [2.45, 2.75) is 6.67 Å². The van der Waals surface area contributed by atoms with Crippen LogP contribution in [0.3, 0.4) is 0 Å². The van der Waals surface area contributed by atoms with E-state index in [1.807, 2.05) is 6.07 Å². The standard InChI is InChI=1S/C8H6BrFN2/c9-6-1-5(3-10)7-4-11-12-8(7)2-6/h1-2,4H,3H2,(H,11,12). The molecular weight excluding hydrogens is 223 g/mol. The van der Waals surface area contributed by atoms with Gasteiger partial charge in [-0.05, 0) is 17.7 Å². The van der Waals surface area contributed by atoms with Gasteiger partial charge in [-0.25, -0.2) is 4.39 Å². The highest BCUT2D eigenvalue weighted by molar-refractivity contribution is 9.10. The van der Waals surface area contributed by atoms with E-state index in [-0.39, 0.29) is 0 Å². The van der Waals surface area contributed by atoms with Crippen LogP contribution in [0.25, 0.3) is 10.9 Å². The van der Waals surface area contributed by atoms with Crippen molar-refractivity contribution in [2.75, 3.05) is 0 Å². The summed E-state index contributed by atoms with van der Waals surface area (Å²) in [6.07, 6.45) is 1.64. The molecule has 0 fully saturated rings. The molecule has 0 atom stereocenters. The molecule has 1 aromatic carbocycles. The number of hydrogen-bond acceptors (Lipinski definition) is 1. The fraction of sp³-hybridized carbons (Fsp3) is 0.125. The fourth-order valence-corrected chi connectivity index (χ4v) is 1.70. The number of aromatic amines is 1. The van der Waals surface area contributed by atoms with Crippen LogP contribution in [-0.2, 0) is 6.67 Å². The third-order valence-corrected chi connectivity index (χ3v) is 2.21. The summed E-state index contributed by atoms with van der Waals surface area (Å²) in [5.74, 6) is 0. The number of nitrogens with one attached hydrogen (secondary N) is 1. The van der Waals surface area contributed by atoms with Gasteiger partial charge in [0.2, 0.25) is 0 Å². The van der Waals surface area contributed by atoms with Crippen LogP contribution in [0.5, 0.6) is 0 Å². The molecule has 62 valence electrons. The summed E-state index contributed by atoms with van der Waals surface area (Å²) in [6.45, 7) is -0.463. The Morgan fingerprint density at radius 3 is 3.08 bits per heavy atom. The first kappa shape index (κ1) is 7.73. The number of halogens is 2. The minimum Gasteiger partial charge on any atom is -0.278 e. The van der Waals surface area contributed by atoms with E-state index >= 15 is 0 Å². The van der Waals surface area contributed by atoms with Crippen molar-refractivity contribution < 1.29 is 4.39 Å². The van der Waals surface area contributed by atoms with E-state index in [0.29, 0.717) is 5.56 Å². The van der Waals surface area contributed by atoms with Crippen molar-refractivity contribution in [3.8, 4) is 0 Å². The molecule has 0 radical (unpaired) electrons. The average Bonchev–Trinajstić information content (AvgIpc) is 2.50. The van der Waals surface area contributed by atoms with Gasteiger partial charge in [0.15, 0.2) is 0 Å². The molecule has 2 nitrogen and oxygen atoms in total. The van der Waals surface area contributed by atoms with Gasteiger partial charge in [-0.2, -0.15) is 5.10 Å². The summed E-state index contributed by atoms with van der Waals surface area (Å²) in [5, 5.41) is 7.47. The van der Waals surface area contributed by atoms with Gasteiger partial charge < -0.3 is 0 Å². The van der Waals surface area contributed by atoms with E-state index in [9.17, 15) is 4.39 Å². The number of benzene rings is 1. The number of alkyl halides is 1. The highest BCUT2D eigenvalue weighted by Crippen LogP contribution is 2.22. The molecule has 0 saturated carbocycles. The lowest BCUT2D eigenvalue weighted by molar-refractivity contribution is 0.487. The van der Waals surface area contributed by atoms with E-state index in [2.05, 4.69) is 26.1 Å². The maximum atomic E-state index is 12.5. The number of fused-ring (bicyclic) bond motifs is 1. The van der Waals surface area contributed by atoms with Gasteiger partial charge in [0, 0.05) is 9.86 Å². The summed E-state index contributed by atoms with van der Waals surface area (Å²) in [4.78, 5) is 0. The van der Waals surface area contributed by atoms with Gasteiger partial charge in [0.1, 0.15) is 6.67 Å². The molecule has 0 amide bonds. The van der Waals surface area contributed by atoms with E-state index in [4.69, 9.17) is 0 Å². The Bertz CT molecular complexity index is 410. The SMILES string of the molecule is FCc1cc(Br)cc2[nH]ncc12.